The predicted molar refractivity (Wildman–Crippen MR) is 86.4 cm³/mol. The van der Waals surface area contributed by atoms with Crippen LogP contribution < -0.4 is 5.32 Å². The average molecular weight is 343 g/mol. The van der Waals surface area contributed by atoms with Crippen LogP contribution in [0.5, 0.6) is 0 Å². The maximum absolute atomic E-state index is 9.78. The Morgan fingerprint density at radius 1 is 0.857 bits per heavy atom. The number of anilines is 1. The van der Waals surface area contributed by atoms with Gasteiger partial charge in [0, 0.05) is 12.7 Å². The van der Waals surface area contributed by atoms with E-state index in [1.807, 2.05) is 37.4 Å². The van der Waals surface area contributed by atoms with E-state index in [0.717, 1.165) is 32.4 Å². The molecule has 0 heterocycles. The molecule has 0 bridgehead atoms. The fraction of sp³-hybridized carbons (Fsp3) is 0.500. The third-order valence-corrected chi connectivity index (χ3v) is 2.88. The molecule has 0 atom stereocenters. The Balaban J connectivity index is -0.000000231. The van der Waals surface area contributed by atoms with E-state index >= 15 is 0 Å². The Labute approximate surface area is 128 Å². The van der Waals surface area contributed by atoms with Crippen LogP contribution in [0.2, 0.25) is 0 Å². The van der Waals surface area contributed by atoms with Gasteiger partial charge in [0.15, 0.2) is 0 Å². The molecule has 0 amide bonds. The molecule has 0 fully saturated rings. The minimum Gasteiger partial charge on any atom is -0.388 e. The van der Waals surface area contributed by atoms with Crippen molar-refractivity contribution in [2.75, 3.05) is 39.1 Å². The monoisotopic (exact) mass is 343 g/mol. The molecule has 1 aromatic rings. The van der Waals surface area contributed by atoms with Gasteiger partial charge in [0.1, 0.15) is 0 Å². The Morgan fingerprint density at radius 3 is 1.29 bits per heavy atom. The van der Waals surface area contributed by atoms with E-state index in [1.54, 1.807) is 0 Å². The highest BCUT2D eigenvalue weighted by atomic mass is 32.2. The third-order valence-electron chi connectivity index (χ3n) is 1.67. The van der Waals surface area contributed by atoms with E-state index in [1.165, 1.54) is 0 Å². The zero-order valence-electron chi connectivity index (χ0n) is 12.2. The summed E-state index contributed by atoms with van der Waals surface area (Å²) in [6, 6.07) is 10.1. The molecule has 126 valence electrons. The van der Waals surface area contributed by atoms with E-state index < -0.39 is 20.2 Å². The fourth-order valence-electron chi connectivity index (χ4n) is 0.605. The van der Waals surface area contributed by atoms with Crippen molar-refractivity contribution in [2.45, 2.75) is 7.43 Å². The summed E-state index contributed by atoms with van der Waals surface area (Å²) in [5, 5.41) is 3.03. The Bertz CT molecular complexity index is 508. The van der Waals surface area contributed by atoms with Gasteiger partial charge in [0.05, 0.1) is 26.7 Å². The zero-order valence-corrected chi connectivity index (χ0v) is 13.8. The van der Waals surface area contributed by atoms with Crippen molar-refractivity contribution >= 4 is 25.9 Å². The van der Waals surface area contributed by atoms with Crippen molar-refractivity contribution in [3.8, 4) is 0 Å². The highest BCUT2D eigenvalue weighted by Crippen LogP contribution is 2.01. The normalized spacial score (nSPS) is 9.95. The molecule has 9 heteroatoms. The second-order valence-corrected chi connectivity index (χ2v) is 6.84. The van der Waals surface area contributed by atoms with Gasteiger partial charge in [-0.05, 0) is 12.1 Å². The molecule has 0 aromatic heterocycles. The van der Waals surface area contributed by atoms with E-state index in [9.17, 15) is 16.8 Å². The molecule has 0 radical (unpaired) electrons. The van der Waals surface area contributed by atoms with Crippen molar-refractivity contribution in [3.05, 3.63) is 30.3 Å². The summed E-state index contributed by atoms with van der Waals surface area (Å²) in [5.74, 6) is 0. The van der Waals surface area contributed by atoms with Gasteiger partial charge in [-0.15, -0.1) is 0 Å². The Hall–Kier alpha value is -1.16. The van der Waals surface area contributed by atoms with E-state index in [0.29, 0.717) is 0 Å². The number of rotatable bonds is 3. The molecule has 0 aliphatic rings. The van der Waals surface area contributed by atoms with Crippen LogP contribution in [-0.4, -0.2) is 50.6 Å². The fourth-order valence-corrected chi connectivity index (χ4v) is 0.605. The van der Waals surface area contributed by atoms with Crippen molar-refractivity contribution in [3.63, 3.8) is 0 Å². The van der Waals surface area contributed by atoms with Crippen molar-refractivity contribution in [2.24, 2.45) is 0 Å². The Morgan fingerprint density at radius 2 is 1.14 bits per heavy atom. The molecule has 1 rings (SSSR count). The molecule has 0 aliphatic heterocycles. The van der Waals surface area contributed by atoms with E-state index in [-0.39, 0.29) is 7.43 Å². The van der Waals surface area contributed by atoms with Crippen LogP contribution in [-0.2, 0) is 28.6 Å². The molecule has 0 saturated heterocycles. The number of hydrogen-bond acceptors (Lipinski definition) is 7. The minimum absolute atomic E-state index is 0. The number of para-hydroxylation sites is 1. The summed E-state index contributed by atoms with van der Waals surface area (Å²) in [7, 11) is -2.17. The first-order valence-electron chi connectivity index (χ1n) is 5.29. The first kappa shape index (κ1) is 24.8. The maximum atomic E-state index is 9.78. The molecule has 0 spiro atoms. The molecular weight excluding hydrogens is 318 g/mol. The lowest BCUT2D eigenvalue weighted by molar-refractivity contribution is 0.402. The van der Waals surface area contributed by atoms with Crippen molar-refractivity contribution < 1.29 is 25.2 Å². The number of nitrogens with one attached hydrogen (secondary N) is 1. The largest absolute Gasteiger partial charge is 0.388 e. The molecule has 21 heavy (non-hydrogen) atoms. The predicted octanol–water partition coefficient (Wildman–Crippen LogP) is 1.55. The summed E-state index contributed by atoms with van der Waals surface area (Å²) in [5.41, 5.74) is 1.16. The molecule has 7 nitrogen and oxygen atoms in total. The first-order chi connectivity index (χ1) is 9.05. The highest BCUT2D eigenvalue weighted by Gasteiger charge is 1.91. The lowest BCUT2D eigenvalue weighted by Gasteiger charge is -1.94. The van der Waals surface area contributed by atoms with Crippen LogP contribution in [0.1, 0.15) is 7.43 Å². The topological polar surface area (TPSA) is 98.8 Å². The van der Waals surface area contributed by atoms with Crippen LogP contribution in [0, 0.1) is 0 Å². The number of benzene rings is 1. The highest BCUT2D eigenvalue weighted by molar-refractivity contribution is 7.86. The summed E-state index contributed by atoms with van der Waals surface area (Å²) < 4.78 is 46.9. The van der Waals surface area contributed by atoms with Gasteiger partial charge in [0.25, 0.3) is 20.2 Å². The Kier molecular flexibility index (Phi) is 14.9. The molecule has 0 unspecified atom stereocenters. The van der Waals surface area contributed by atoms with Gasteiger partial charge in [-0.2, -0.15) is 16.8 Å². The van der Waals surface area contributed by atoms with Gasteiger partial charge in [-0.25, -0.2) is 0 Å². The third kappa shape index (κ3) is 24.3. The summed E-state index contributed by atoms with van der Waals surface area (Å²) in [6.07, 6.45) is 1.99. The number of hydrogen-bond donors (Lipinski definition) is 1. The van der Waals surface area contributed by atoms with E-state index in [4.69, 9.17) is 0 Å². The quantitative estimate of drug-likeness (QED) is 0.831. The SMILES string of the molecule is C.CNc1ccccc1.COS(C)(=O)=O.COS(C)(=O)=O. The lowest BCUT2D eigenvalue weighted by atomic mass is 10.3. The summed E-state index contributed by atoms with van der Waals surface area (Å²) >= 11 is 0. The van der Waals surface area contributed by atoms with Crippen LogP contribution >= 0.6 is 0 Å². The van der Waals surface area contributed by atoms with Crippen LogP contribution in [0.15, 0.2) is 30.3 Å². The maximum Gasteiger partial charge on any atom is 0.264 e. The molecule has 1 aromatic carbocycles. The van der Waals surface area contributed by atoms with Crippen molar-refractivity contribution in [1.82, 2.24) is 0 Å². The van der Waals surface area contributed by atoms with Crippen molar-refractivity contribution in [1.29, 1.82) is 0 Å². The van der Waals surface area contributed by atoms with Gasteiger partial charge >= 0.3 is 0 Å². The second kappa shape index (κ2) is 12.6. The first-order valence-corrected chi connectivity index (χ1v) is 8.93. The smallest absolute Gasteiger partial charge is 0.264 e. The second-order valence-electron chi connectivity index (χ2n) is 3.36. The standard InChI is InChI=1S/C7H9N.2C2H6O3S.CH4/c1-8-7-5-3-2-4-6-7;2*1-5-6(2,3)4;/h2-6,8H,1H3;2*1-2H3;1H4. The van der Waals surface area contributed by atoms with Gasteiger partial charge in [0.2, 0.25) is 0 Å². The molecule has 1 N–H and O–H groups in total. The van der Waals surface area contributed by atoms with Crippen LogP contribution in [0.3, 0.4) is 0 Å². The van der Waals surface area contributed by atoms with Crippen LogP contribution in [0.4, 0.5) is 5.69 Å². The average Bonchev–Trinajstić information content (AvgIpc) is 2.39. The molecule has 0 saturated carbocycles. The summed E-state index contributed by atoms with van der Waals surface area (Å²) in [4.78, 5) is 0. The van der Waals surface area contributed by atoms with Gasteiger partial charge in [-0.1, -0.05) is 25.6 Å². The summed E-state index contributed by atoms with van der Waals surface area (Å²) in [6.45, 7) is 0. The van der Waals surface area contributed by atoms with Gasteiger partial charge < -0.3 is 5.32 Å². The molecular formula is C12H25NO6S2. The van der Waals surface area contributed by atoms with E-state index in [2.05, 4.69) is 13.7 Å². The van der Waals surface area contributed by atoms with Crippen LogP contribution in [0.25, 0.3) is 0 Å². The van der Waals surface area contributed by atoms with Gasteiger partial charge in [-0.3, -0.25) is 8.37 Å². The minimum atomic E-state index is -3.16. The molecule has 0 aliphatic carbocycles. The lowest BCUT2D eigenvalue weighted by Crippen LogP contribution is -1.95. The zero-order chi connectivity index (χ0) is 16.2.